The van der Waals surface area contributed by atoms with Crippen molar-refractivity contribution >= 4 is 34.8 Å². The summed E-state index contributed by atoms with van der Waals surface area (Å²) in [6, 6.07) is 7.74. The minimum absolute atomic E-state index is 0. The van der Waals surface area contributed by atoms with Crippen LogP contribution in [0.15, 0.2) is 18.2 Å². The second-order valence-electron chi connectivity index (χ2n) is 3.41. The van der Waals surface area contributed by atoms with E-state index in [-0.39, 0.29) is 45.9 Å². The van der Waals surface area contributed by atoms with Crippen molar-refractivity contribution in [3.05, 3.63) is 35.6 Å². The fraction of sp³-hybridized carbons (Fsp3) is 0.455. The molecule has 0 atom stereocenters. The predicted molar refractivity (Wildman–Crippen MR) is 63.6 cm³/mol. The molecule has 1 fully saturated rings. The first-order chi connectivity index (χ1) is 6.86. The van der Waals surface area contributed by atoms with Gasteiger partial charge in [0.15, 0.2) is 0 Å². The van der Waals surface area contributed by atoms with Crippen molar-refractivity contribution < 1.29 is 21.4 Å². The molecular weight excluding hydrogens is 301 g/mol. The monoisotopic (exact) mass is 313 g/mol. The Kier molecular flexibility index (Phi) is 9.13. The zero-order valence-corrected chi connectivity index (χ0v) is 12.9. The van der Waals surface area contributed by atoms with Crippen LogP contribution in [0.25, 0.3) is 0 Å². The third-order valence-electron chi connectivity index (χ3n) is 2.40. The van der Waals surface area contributed by atoms with E-state index in [4.69, 9.17) is 0 Å². The quantitative estimate of drug-likeness (QED) is 0.498. The van der Waals surface area contributed by atoms with Crippen molar-refractivity contribution in [2.75, 3.05) is 24.6 Å². The first-order valence-electron chi connectivity index (χ1n) is 4.81. The average molecular weight is 315 g/mol. The van der Waals surface area contributed by atoms with E-state index in [1.165, 1.54) is 17.6 Å². The Balaban J connectivity index is 0.00000112. The molecule has 1 heterocycles. The van der Waals surface area contributed by atoms with Crippen LogP contribution in [0, 0.1) is 11.9 Å². The van der Waals surface area contributed by atoms with Crippen molar-refractivity contribution in [2.45, 2.75) is 6.54 Å². The number of nitrogens with zero attached hydrogens (tertiary/aromatic N) is 1. The summed E-state index contributed by atoms with van der Waals surface area (Å²) < 4.78 is 13.3. The Bertz CT molecular complexity index is 308. The summed E-state index contributed by atoms with van der Waals surface area (Å²) in [7, 11) is 0. The molecule has 84 valence electrons. The molecule has 16 heavy (non-hydrogen) atoms. The van der Waals surface area contributed by atoms with E-state index in [0.717, 1.165) is 25.2 Å². The topological polar surface area (TPSA) is 3.24 Å². The maximum absolute atomic E-state index is 13.3. The van der Waals surface area contributed by atoms with Crippen LogP contribution >= 0.6 is 11.8 Å². The summed E-state index contributed by atoms with van der Waals surface area (Å²) in [5, 5.41) is 0. The minimum atomic E-state index is -0.134. The third-order valence-corrected chi connectivity index (χ3v) is 3.34. The first-order valence-corrected chi connectivity index (χ1v) is 5.96. The van der Waals surface area contributed by atoms with Crippen molar-refractivity contribution in [1.29, 1.82) is 0 Å². The minimum Gasteiger partial charge on any atom is -1.00 e. The molecular formula is C11H13BrFMgNS. The van der Waals surface area contributed by atoms with E-state index < -0.39 is 0 Å². The second kappa shape index (κ2) is 8.75. The zero-order valence-electron chi connectivity index (χ0n) is 9.09. The van der Waals surface area contributed by atoms with Gasteiger partial charge in [-0.15, -0.1) is 11.6 Å². The van der Waals surface area contributed by atoms with E-state index in [1.807, 2.05) is 17.8 Å². The summed E-state index contributed by atoms with van der Waals surface area (Å²) in [6.45, 7) is 2.88. The summed E-state index contributed by atoms with van der Waals surface area (Å²) in [5.41, 5.74) is 0.788. The molecule has 0 saturated carbocycles. The van der Waals surface area contributed by atoms with Gasteiger partial charge in [0.05, 0.1) is 0 Å². The Morgan fingerprint density at radius 3 is 2.69 bits per heavy atom. The maximum atomic E-state index is 13.3. The molecule has 1 aromatic rings. The molecule has 1 nitrogen and oxygen atoms in total. The molecule has 2 rings (SSSR count). The number of hydrogen-bond donors (Lipinski definition) is 0. The Morgan fingerprint density at radius 2 is 2.06 bits per heavy atom. The van der Waals surface area contributed by atoms with Gasteiger partial charge in [0.2, 0.25) is 0 Å². The molecule has 0 aromatic heterocycles. The van der Waals surface area contributed by atoms with Crippen LogP contribution in [-0.4, -0.2) is 52.5 Å². The van der Waals surface area contributed by atoms with Gasteiger partial charge in [-0.2, -0.15) is 30.0 Å². The summed E-state index contributed by atoms with van der Waals surface area (Å²) >= 11 is 1.97. The van der Waals surface area contributed by atoms with Crippen LogP contribution in [0.5, 0.6) is 0 Å². The molecule has 0 spiro atoms. The molecule has 1 aromatic carbocycles. The van der Waals surface area contributed by atoms with Gasteiger partial charge in [0.25, 0.3) is 0 Å². The van der Waals surface area contributed by atoms with Crippen LogP contribution in [0.4, 0.5) is 4.39 Å². The maximum Gasteiger partial charge on any atom is 2.00 e. The van der Waals surface area contributed by atoms with E-state index in [1.54, 1.807) is 6.07 Å². The SMILES string of the molecule is Fc1c[c-]ccc1CN1CCSCC1.[Br-].[Mg+2]. The Labute approximate surface area is 127 Å². The third kappa shape index (κ3) is 4.92. The van der Waals surface area contributed by atoms with Gasteiger partial charge in [-0.05, 0) is 0 Å². The summed E-state index contributed by atoms with van der Waals surface area (Å²) in [5.74, 6) is 2.20. The number of rotatable bonds is 2. The normalized spacial score (nSPS) is 16.1. The van der Waals surface area contributed by atoms with Gasteiger partial charge >= 0.3 is 23.1 Å². The number of hydrogen-bond acceptors (Lipinski definition) is 2. The molecule has 1 aliphatic heterocycles. The fourth-order valence-corrected chi connectivity index (χ4v) is 2.55. The molecule has 0 N–H and O–H groups in total. The van der Waals surface area contributed by atoms with E-state index in [2.05, 4.69) is 11.0 Å². The first kappa shape index (κ1) is 16.7. The Morgan fingerprint density at radius 1 is 1.38 bits per heavy atom. The van der Waals surface area contributed by atoms with Crippen molar-refractivity contribution in [3.8, 4) is 0 Å². The van der Waals surface area contributed by atoms with Gasteiger partial charge in [0.1, 0.15) is 0 Å². The smallest absolute Gasteiger partial charge is 1.00 e. The molecule has 0 unspecified atom stereocenters. The van der Waals surface area contributed by atoms with Crippen LogP contribution in [-0.2, 0) is 6.54 Å². The van der Waals surface area contributed by atoms with Gasteiger partial charge in [-0.1, -0.05) is 0 Å². The van der Waals surface area contributed by atoms with Gasteiger partial charge in [-0.3, -0.25) is 9.29 Å². The zero-order chi connectivity index (χ0) is 9.80. The van der Waals surface area contributed by atoms with E-state index in [9.17, 15) is 4.39 Å². The van der Waals surface area contributed by atoms with Crippen molar-refractivity contribution in [2.24, 2.45) is 0 Å². The molecule has 5 heteroatoms. The van der Waals surface area contributed by atoms with Gasteiger partial charge in [-0.25, -0.2) is 0 Å². The molecule has 0 aliphatic carbocycles. The summed E-state index contributed by atoms with van der Waals surface area (Å²) in [6.07, 6.45) is 0. The standard InChI is InChI=1S/C11H13FNS.BrH.Mg/c12-11-4-2-1-3-10(11)9-13-5-7-14-8-6-13;;/h1,3-4H,5-9H2;1H;/q-1;;+2/p-1. The van der Waals surface area contributed by atoms with Crippen LogP contribution < -0.4 is 17.0 Å². The average Bonchev–Trinajstić information content (AvgIpc) is 2.23. The van der Waals surface area contributed by atoms with Crippen LogP contribution in [0.3, 0.4) is 0 Å². The second-order valence-corrected chi connectivity index (χ2v) is 4.63. The van der Waals surface area contributed by atoms with Crippen LogP contribution in [0.1, 0.15) is 5.56 Å². The largest absolute Gasteiger partial charge is 2.00 e. The van der Waals surface area contributed by atoms with E-state index >= 15 is 0 Å². The van der Waals surface area contributed by atoms with Gasteiger partial charge in [0, 0.05) is 37.0 Å². The molecule has 0 bridgehead atoms. The van der Waals surface area contributed by atoms with E-state index in [0.29, 0.717) is 0 Å². The molecule has 1 aliphatic rings. The van der Waals surface area contributed by atoms with Crippen molar-refractivity contribution in [1.82, 2.24) is 4.90 Å². The number of thioether (sulfide) groups is 1. The molecule has 0 amide bonds. The number of halogens is 2. The van der Waals surface area contributed by atoms with Gasteiger partial charge < -0.3 is 17.0 Å². The van der Waals surface area contributed by atoms with Crippen LogP contribution in [0.2, 0.25) is 0 Å². The Hall–Kier alpha value is 0.706. The molecule has 0 radical (unpaired) electrons. The summed E-state index contributed by atoms with van der Waals surface area (Å²) in [4.78, 5) is 2.30. The predicted octanol–water partition coefficient (Wildman–Crippen LogP) is -1.20. The number of benzene rings is 1. The molecule has 1 saturated heterocycles. The fourth-order valence-electron chi connectivity index (χ4n) is 1.57. The van der Waals surface area contributed by atoms with Crippen molar-refractivity contribution in [3.63, 3.8) is 0 Å².